The van der Waals surface area contributed by atoms with Gasteiger partial charge in [0.2, 0.25) is 5.91 Å². The summed E-state index contributed by atoms with van der Waals surface area (Å²) in [4.78, 5) is 13.9. The zero-order valence-corrected chi connectivity index (χ0v) is 11.5. The molecule has 1 N–H and O–H groups in total. The molecule has 0 aliphatic carbocycles. The standard InChI is InChI=1S/C15H21FN2O/c1-11(2)17-14-8-10-18(15(14)19)9-7-12-5-3-4-6-13(12)16/h3-6,11,14,17H,7-10H2,1-2H3. The summed E-state index contributed by atoms with van der Waals surface area (Å²) in [6, 6.07) is 6.99. The molecule has 1 aromatic rings. The number of benzene rings is 1. The van der Waals surface area contributed by atoms with Gasteiger partial charge in [-0.15, -0.1) is 0 Å². The number of carbonyl (C=O) groups is 1. The summed E-state index contributed by atoms with van der Waals surface area (Å²) in [6.07, 6.45) is 1.42. The first-order chi connectivity index (χ1) is 9.08. The van der Waals surface area contributed by atoms with Gasteiger partial charge in [-0.3, -0.25) is 4.79 Å². The highest BCUT2D eigenvalue weighted by Crippen LogP contribution is 2.14. The average Bonchev–Trinajstić information content (AvgIpc) is 2.69. The molecule has 1 atom stereocenters. The molecule has 1 amide bonds. The largest absolute Gasteiger partial charge is 0.341 e. The van der Waals surface area contributed by atoms with Crippen molar-refractivity contribution in [2.45, 2.75) is 38.8 Å². The molecule has 1 aliphatic rings. The highest BCUT2D eigenvalue weighted by molar-refractivity contribution is 5.84. The van der Waals surface area contributed by atoms with Gasteiger partial charge in [-0.25, -0.2) is 4.39 Å². The van der Waals surface area contributed by atoms with Gasteiger partial charge in [0.15, 0.2) is 0 Å². The van der Waals surface area contributed by atoms with Crippen LogP contribution in [0, 0.1) is 5.82 Å². The van der Waals surface area contributed by atoms with Gasteiger partial charge in [-0.05, 0) is 24.5 Å². The van der Waals surface area contributed by atoms with Gasteiger partial charge in [0.05, 0.1) is 6.04 Å². The first kappa shape index (κ1) is 14.0. The van der Waals surface area contributed by atoms with Crippen molar-refractivity contribution in [2.75, 3.05) is 13.1 Å². The van der Waals surface area contributed by atoms with Crippen molar-refractivity contribution >= 4 is 5.91 Å². The Labute approximate surface area is 113 Å². The molecule has 0 spiro atoms. The Kier molecular flexibility index (Phi) is 4.53. The summed E-state index contributed by atoms with van der Waals surface area (Å²) >= 11 is 0. The zero-order chi connectivity index (χ0) is 13.8. The van der Waals surface area contributed by atoms with E-state index in [1.54, 1.807) is 12.1 Å². The minimum Gasteiger partial charge on any atom is -0.341 e. The summed E-state index contributed by atoms with van der Waals surface area (Å²) in [5, 5.41) is 3.27. The number of amides is 1. The minimum atomic E-state index is -0.189. The van der Waals surface area contributed by atoms with Gasteiger partial charge in [0.25, 0.3) is 0 Å². The van der Waals surface area contributed by atoms with Crippen LogP contribution in [0.5, 0.6) is 0 Å². The topological polar surface area (TPSA) is 32.3 Å². The van der Waals surface area contributed by atoms with E-state index < -0.39 is 0 Å². The minimum absolute atomic E-state index is 0.0689. The average molecular weight is 264 g/mol. The van der Waals surface area contributed by atoms with Crippen LogP contribution in [0.2, 0.25) is 0 Å². The van der Waals surface area contributed by atoms with Gasteiger partial charge in [0.1, 0.15) is 5.82 Å². The molecule has 0 radical (unpaired) electrons. The number of hydrogen-bond donors (Lipinski definition) is 1. The highest BCUT2D eigenvalue weighted by Gasteiger charge is 2.31. The van der Waals surface area contributed by atoms with Crippen molar-refractivity contribution in [2.24, 2.45) is 0 Å². The molecule has 1 saturated heterocycles. The maximum atomic E-state index is 13.5. The Hall–Kier alpha value is -1.42. The Morgan fingerprint density at radius 1 is 1.42 bits per heavy atom. The zero-order valence-electron chi connectivity index (χ0n) is 11.5. The van der Waals surface area contributed by atoms with E-state index in [1.165, 1.54) is 6.07 Å². The number of carbonyl (C=O) groups excluding carboxylic acids is 1. The fraction of sp³-hybridized carbons (Fsp3) is 0.533. The van der Waals surface area contributed by atoms with Crippen LogP contribution in [0.3, 0.4) is 0 Å². The number of nitrogens with one attached hydrogen (secondary N) is 1. The molecular weight excluding hydrogens is 243 g/mol. The van der Waals surface area contributed by atoms with E-state index in [9.17, 15) is 9.18 Å². The van der Waals surface area contributed by atoms with Crippen molar-refractivity contribution in [3.63, 3.8) is 0 Å². The molecule has 104 valence electrons. The van der Waals surface area contributed by atoms with Crippen molar-refractivity contribution in [1.82, 2.24) is 10.2 Å². The quantitative estimate of drug-likeness (QED) is 0.882. The summed E-state index contributed by atoms with van der Waals surface area (Å²) in [5.74, 6) is -0.0453. The molecule has 3 nitrogen and oxygen atoms in total. The Bertz CT molecular complexity index is 448. The normalized spacial score (nSPS) is 19.5. The lowest BCUT2D eigenvalue weighted by molar-refractivity contribution is -0.129. The molecule has 0 saturated carbocycles. The van der Waals surface area contributed by atoms with Crippen LogP contribution in [0.15, 0.2) is 24.3 Å². The van der Waals surface area contributed by atoms with Crippen LogP contribution in [0.25, 0.3) is 0 Å². The number of nitrogens with zero attached hydrogens (tertiary/aromatic N) is 1. The molecule has 1 heterocycles. The van der Waals surface area contributed by atoms with Gasteiger partial charge in [-0.1, -0.05) is 32.0 Å². The SMILES string of the molecule is CC(C)NC1CCN(CCc2ccccc2F)C1=O. The monoisotopic (exact) mass is 264 g/mol. The Morgan fingerprint density at radius 3 is 2.84 bits per heavy atom. The maximum absolute atomic E-state index is 13.5. The first-order valence-electron chi connectivity index (χ1n) is 6.86. The van der Waals surface area contributed by atoms with Gasteiger partial charge < -0.3 is 10.2 Å². The fourth-order valence-corrected chi connectivity index (χ4v) is 2.47. The van der Waals surface area contributed by atoms with Gasteiger partial charge in [-0.2, -0.15) is 0 Å². The third-order valence-corrected chi connectivity index (χ3v) is 3.44. The number of halogens is 1. The fourth-order valence-electron chi connectivity index (χ4n) is 2.47. The second kappa shape index (κ2) is 6.15. The Balaban J connectivity index is 1.88. The second-order valence-corrected chi connectivity index (χ2v) is 5.33. The molecule has 1 aromatic carbocycles. The van der Waals surface area contributed by atoms with E-state index >= 15 is 0 Å². The molecule has 19 heavy (non-hydrogen) atoms. The summed E-state index contributed by atoms with van der Waals surface area (Å²) < 4.78 is 13.5. The summed E-state index contributed by atoms with van der Waals surface area (Å²) in [6.45, 7) is 5.43. The van der Waals surface area contributed by atoms with E-state index in [2.05, 4.69) is 5.32 Å². The van der Waals surface area contributed by atoms with E-state index in [4.69, 9.17) is 0 Å². The van der Waals surface area contributed by atoms with E-state index in [1.807, 2.05) is 24.8 Å². The Morgan fingerprint density at radius 2 is 2.16 bits per heavy atom. The van der Waals surface area contributed by atoms with Crippen molar-refractivity contribution in [1.29, 1.82) is 0 Å². The molecule has 0 aromatic heterocycles. The smallest absolute Gasteiger partial charge is 0.239 e. The van der Waals surface area contributed by atoms with Crippen molar-refractivity contribution in [3.8, 4) is 0 Å². The lowest BCUT2D eigenvalue weighted by Crippen LogP contribution is -2.41. The van der Waals surface area contributed by atoms with Crippen LogP contribution in [0.4, 0.5) is 4.39 Å². The van der Waals surface area contributed by atoms with Crippen LogP contribution >= 0.6 is 0 Å². The van der Waals surface area contributed by atoms with E-state index in [-0.39, 0.29) is 17.8 Å². The molecule has 1 fully saturated rings. The maximum Gasteiger partial charge on any atom is 0.239 e. The van der Waals surface area contributed by atoms with Gasteiger partial charge >= 0.3 is 0 Å². The van der Waals surface area contributed by atoms with Crippen LogP contribution in [-0.2, 0) is 11.2 Å². The van der Waals surface area contributed by atoms with Gasteiger partial charge in [0, 0.05) is 19.1 Å². The molecule has 0 bridgehead atoms. The molecule has 1 unspecified atom stereocenters. The molecule has 2 rings (SSSR count). The number of rotatable bonds is 5. The third kappa shape index (κ3) is 3.53. The summed E-state index contributed by atoms with van der Waals surface area (Å²) in [7, 11) is 0. The lowest BCUT2D eigenvalue weighted by atomic mass is 10.1. The van der Waals surface area contributed by atoms with Crippen molar-refractivity contribution < 1.29 is 9.18 Å². The molecular formula is C15H21FN2O. The van der Waals surface area contributed by atoms with E-state index in [0.717, 1.165) is 13.0 Å². The number of hydrogen-bond acceptors (Lipinski definition) is 2. The predicted octanol–water partition coefficient (Wildman–Crippen LogP) is 1.97. The van der Waals surface area contributed by atoms with Crippen LogP contribution < -0.4 is 5.32 Å². The van der Waals surface area contributed by atoms with Crippen LogP contribution in [0.1, 0.15) is 25.8 Å². The number of likely N-dealkylation sites (tertiary alicyclic amines) is 1. The van der Waals surface area contributed by atoms with Crippen LogP contribution in [-0.4, -0.2) is 36.0 Å². The molecule has 4 heteroatoms. The predicted molar refractivity (Wildman–Crippen MR) is 73.4 cm³/mol. The first-order valence-corrected chi connectivity index (χ1v) is 6.86. The molecule has 1 aliphatic heterocycles. The second-order valence-electron chi connectivity index (χ2n) is 5.33. The third-order valence-electron chi connectivity index (χ3n) is 3.44. The van der Waals surface area contributed by atoms with Crippen molar-refractivity contribution in [3.05, 3.63) is 35.6 Å². The highest BCUT2D eigenvalue weighted by atomic mass is 19.1. The van der Waals surface area contributed by atoms with E-state index in [0.29, 0.717) is 24.6 Å². The lowest BCUT2D eigenvalue weighted by Gasteiger charge is -2.18. The summed E-state index contributed by atoms with van der Waals surface area (Å²) in [5.41, 5.74) is 0.676.